The lowest BCUT2D eigenvalue weighted by molar-refractivity contribution is -0.153. The Morgan fingerprint density at radius 3 is 2.30 bits per heavy atom. The number of carbonyl (C=O) groups is 1. The summed E-state index contributed by atoms with van der Waals surface area (Å²) < 4.78 is 2.88. The zero-order chi connectivity index (χ0) is 20.4. The summed E-state index contributed by atoms with van der Waals surface area (Å²) in [6.07, 6.45) is 2.45. The van der Waals surface area contributed by atoms with Crippen molar-refractivity contribution in [3.05, 3.63) is 74.7 Å². The summed E-state index contributed by atoms with van der Waals surface area (Å²) in [6, 6.07) is 13.5. The highest BCUT2D eigenvalue weighted by atomic mass is 79.9. The van der Waals surface area contributed by atoms with Gasteiger partial charge in [0.1, 0.15) is 4.60 Å². The van der Waals surface area contributed by atoms with E-state index in [0.29, 0.717) is 6.41 Å². The number of nitrogens with zero attached hydrogens (tertiary/aromatic N) is 3. The zero-order valence-electron chi connectivity index (χ0n) is 16.1. The Hall–Kier alpha value is -2.51. The number of hydroxylamine groups is 2. The van der Waals surface area contributed by atoms with Gasteiger partial charge in [0.15, 0.2) is 5.43 Å². The molecule has 144 valence electrons. The van der Waals surface area contributed by atoms with Gasteiger partial charge in [-0.1, -0.05) is 18.2 Å². The molecule has 7 heteroatoms. The molecule has 0 radical (unpaired) electrons. The minimum Gasteiger partial charge on any atom is -0.350 e. The van der Waals surface area contributed by atoms with Crippen LogP contribution in [-0.2, 0) is 16.7 Å². The van der Waals surface area contributed by atoms with Gasteiger partial charge < -0.3 is 4.57 Å². The van der Waals surface area contributed by atoms with E-state index < -0.39 is 0 Å². The fourth-order valence-electron chi connectivity index (χ4n) is 2.16. The molecule has 3 aromatic rings. The Bertz CT molecular complexity index is 924. The molecule has 2 aromatic heterocycles. The molecule has 0 atom stereocenters. The smallest absolute Gasteiger partial charge is 0.233 e. The van der Waals surface area contributed by atoms with E-state index in [2.05, 4.69) is 25.8 Å². The zero-order valence-corrected chi connectivity index (χ0v) is 17.7. The molecule has 0 spiro atoms. The highest BCUT2D eigenvalue weighted by Gasteiger charge is 2.01. The first-order valence-corrected chi connectivity index (χ1v) is 8.95. The third-order valence-electron chi connectivity index (χ3n) is 3.56. The van der Waals surface area contributed by atoms with Crippen LogP contribution >= 0.6 is 15.9 Å². The molecule has 0 aliphatic rings. The van der Waals surface area contributed by atoms with Gasteiger partial charge in [0.2, 0.25) is 6.41 Å². The molecule has 0 bridgehead atoms. The van der Waals surface area contributed by atoms with Crippen molar-refractivity contribution < 1.29 is 9.63 Å². The number of rotatable bonds is 2. The van der Waals surface area contributed by atoms with Crippen LogP contribution in [0.5, 0.6) is 0 Å². The van der Waals surface area contributed by atoms with E-state index in [4.69, 9.17) is 0 Å². The summed E-state index contributed by atoms with van der Waals surface area (Å²) in [7, 11) is 4.90. The molecular formula is C20H24BrN3O3. The minimum absolute atomic E-state index is 0.133. The van der Waals surface area contributed by atoms with Crippen molar-refractivity contribution in [1.82, 2.24) is 14.6 Å². The van der Waals surface area contributed by atoms with Crippen molar-refractivity contribution in [2.45, 2.75) is 13.8 Å². The number of halogens is 1. The summed E-state index contributed by atoms with van der Waals surface area (Å²) in [5.41, 5.74) is 2.95. The molecule has 1 aromatic carbocycles. The second kappa shape index (κ2) is 11.3. The monoisotopic (exact) mass is 433 g/mol. The van der Waals surface area contributed by atoms with Crippen LogP contribution in [0.2, 0.25) is 0 Å². The van der Waals surface area contributed by atoms with Gasteiger partial charge in [-0.15, -0.1) is 0 Å². The summed E-state index contributed by atoms with van der Waals surface area (Å²) in [5, 5.41) is 1.87. The van der Waals surface area contributed by atoms with Gasteiger partial charge in [0, 0.05) is 36.9 Å². The maximum Gasteiger partial charge on any atom is 0.233 e. The van der Waals surface area contributed by atoms with Crippen molar-refractivity contribution in [1.29, 1.82) is 0 Å². The second-order valence-corrected chi connectivity index (χ2v) is 6.52. The molecule has 0 unspecified atom stereocenters. The summed E-state index contributed by atoms with van der Waals surface area (Å²) in [6.45, 7) is 3.81. The predicted octanol–water partition coefficient (Wildman–Crippen LogP) is 3.64. The van der Waals surface area contributed by atoms with E-state index in [1.54, 1.807) is 0 Å². The number of hydrogen-bond donors (Lipinski definition) is 0. The van der Waals surface area contributed by atoms with Crippen LogP contribution in [0.15, 0.2) is 58.1 Å². The van der Waals surface area contributed by atoms with Crippen LogP contribution in [0, 0.1) is 13.8 Å². The molecule has 0 aliphatic heterocycles. The topological polar surface area (TPSA) is 64.4 Å². The lowest BCUT2D eigenvalue weighted by Gasteiger charge is -2.05. The number of amides is 1. The highest BCUT2D eigenvalue weighted by molar-refractivity contribution is 9.10. The van der Waals surface area contributed by atoms with Crippen molar-refractivity contribution in [3.8, 4) is 0 Å². The van der Waals surface area contributed by atoms with Gasteiger partial charge in [-0.05, 0) is 54.0 Å². The molecule has 6 nitrogen and oxygen atoms in total. The minimum atomic E-state index is 0.133. The second-order valence-electron chi connectivity index (χ2n) is 5.71. The SMILES string of the molecule is CON(C)C=O.Cc1cccc(Br)n1.Cc1cn(C)c2ccccc2c1=O. The van der Waals surface area contributed by atoms with Crippen LogP contribution in [0.1, 0.15) is 11.3 Å². The highest BCUT2D eigenvalue weighted by Crippen LogP contribution is 2.09. The van der Waals surface area contributed by atoms with Crippen molar-refractivity contribution in [2.75, 3.05) is 14.2 Å². The average Bonchev–Trinajstić information content (AvgIpc) is 2.66. The first-order valence-electron chi connectivity index (χ1n) is 8.16. The molecule has 0 aliphatic carbocycles. The number of fused-ring (bicyclic) bond motifs is 1. The first-order chi connectivity index (χ1) is 12.8. The molecule has 0 fully saturated rings. The third kappa shape index (κ3) is 7.32. The Balaban J connectivity index is 0.000000224. The summed E-state index contributed by atoms with van der Waals surface area (Å²) >= 11 is 3.25. The van der Waals surface area contributed by atoms with E-state index in [1.165, 1.54) is 14.2 Å². The predicted molar refractivity (Wildman–Crippen MR) is 111 cm³/mol. The van der Waals surface area contributed by atoms with Crippen LogP contribution in [0.25, 0.3) is 10.9 Å². The van der Waals surface area contributed by atoms with Crippen molar-refractivity contribution >= 4 is 33.2 Å². The lowest BCUT2D eigenvalue weighted by atomic mass is 10.1. The van der Waals surface area contributed by atoms with Crippen LogP contribution < -0.4 is 5.43 Å². The van der Waals surface area contributed by atoms with Gasteiger partial charge in [0.25, 0.3) is 0 Å². The van der Waals surface area contributed by atoms with E-state index in [0.717, 1.165) is 31.8 Å². The molecule has 0 saturated carbocycles. The van der Waals surface area contributed by atoms with E-state index in [1.807, 2.05) is 74.1 Å². The Morgan fingerprint density at radius 1 is 1.15 bits per heavy atom. The molecule has 27 heavy (non-hydrogen) atoms. The van der Waals surface area contributed by atoms with Crippen LogP contribution in [0.3, 0.4) is 0 Å². The summed E-state index contributed by atoms with van der Waals surface area (Å²) in [5.74, 6) is 0. The van der Waals surface area contributed by atoms with Crippen molar-refractivity contribution in [2.24, 2.45) is 7.05 Å². The molecule has 1 amide bonds. The number of benzene rings is 1. The van der Waals surface area contributed by atoms with E-state index >= 15 is 0 Å². The van der Waals surface area contributed by atoms with Gasteiger partial charge in [-0.2, -0.15) is 0 Å². The van der Waals surface area contributed by atoms with Gasteiger partial charge in [-0.25, -0.2) is 10.0 Å². The largest absolute Gasteiger partial charge is 0.350 e. The van der Waals surface area contributed by atoms with Crippen LogP contribution in [-0.4, -0.2) is 35.2 Å². The quantitative estimate of drug-likeness (QED) is 0.351. The Labute approximate surface area is 167 Å². The fraction of sp³-hybridized carbons (Fsp3) is 0.250. The van der Waals surface area contributed by atoms with E-state index in [-0.39, 0.29) is 5.43 Å². The standard InChI is InChI=1S/C11H11NO.C6H6BrN.C3H7NO2/c1-8-7-12(2)10-6-4-3-5-9(10)11(8)13;1-5-3-2-4-6(7)8-5;1-4(3-5)6-2/h3-7H,1-2H3;2-4H,1H3;3H,1-2H3. The maximum atomic E-state index is 11.7. The Kier molecular flexibility index (Phi) is 9.39. The maximum absolute atomic E-state index is 11.7. The number of pyridine rings is 2. The number of aryl methyl sites for hydroxylation is 3. The van der Waals surface area contributed by atoms with Crippen molar-refractivity contribution in [3.63, 3.8) is 0 Å². The fourth-order valence-corrected chi connectivity index (χ4v) is 2.59. The Morgan fingerprint density at radius 2 is 1.81 bits per heavy atom. The molecule has 2 heterocycles. The van der Waals surface area contributed by atoms with Gasteiger partial charge in [0.05, 0.1) is 12.6 Å². The summed E-state index contributed by atoms with van der Waals surface area (Å²) in [4.78, 5) is 29.7. The molecular weight excluding hydrogens is 410 g/mol. The van der Waals surface area contributed by atoms with Gasteiger partial charge in [-0.3, -0.25) is 14.4 Å². The molecule has 0 N–H and O–H groups in total. The molecule has 3 rings (SSSR count). The number of para-hydroxylation sites is 1. The molecule has 0 saturated heterocycles. The number of aromatic nitrogens is 2. The number of carbonyl (C=O) groups excluding carboxylic acids is 1. The average molecular weight is 434 g/mol. The lowest BCUT2D eigenvalue weighted by Crippen LogP contribution is -2.12. The third-order valence-corrected chi connectivity index (χ3v) is 4.01. The van der Waals surface area contributed by atoms with Gasteiger partial charge >= 0.3 is 0 Å². The van der Waals surface area contributed by atoms with E-state index in [9.17, 15) is 9.59 Å². The first kappa shape index (κ1) is 22.5. The number of hydrogen-bond acceptors (Lipinski definition) is 4. The normalized spacial score (nSPS) is 9.56. The van der Waals surface area contributed by atoms with Crippen LogP contribution in [0.4, 0.5) is 0 Å².